The van der Waals surface area contributed by atoms with Gasteiger partial charge in [-0.2, -0.15) is 0 Å². The summed E-state index contributed by atoms with van der Waals surface area (Å²) in [5.41, 5.74) is 0.519. The summed E-state index contributed by atoms with van der Waals surface area (Å²) < 4.78 is 0.999. The van der Waals surface area contributed by atoms with Crippen LogP contribution in [-0.4, -0.2) is 34.2 Å². The number of carboxylic acid groups (broad SMARTS) is 2. The lowest BCUT2D eigenvalue weighted by Crippen LogP contribution is -2.43. The molecule has 2 amide bonds. The maximum atomic E-state index is 11.6. The number of nitrogens with one attached hydrogen (secondary N) is 2. The predicted octanol–water partition coefficient (Wildman–Crippen LogP) is 1.73. The Kier molecular flexibility index (Phi) is 6.22. The molecule has 0 aliphatic rings. The van der Waals surface area contributed by atoms with Crippen molar-refractivity contribution in [3.05, 3.63) is 27.8 Å². The number of carbonyl (C=O) groups excluding carboxylic acids is 1. The highest BCUT2D eigenvalue weighted by atomic mass is 127. The molecular formula is C12H13IN2O5. The number of anilines is 1. The second kappa shape index (κ2) is 7.68. The van der Waals surface area contributed by atoms with Crippen LogP contribution in [0.15, 0.2) is 24.3 Å². The third kappa shape index (κ3) is 5.87. The summed E-state index contributed by atoms with van der Waals surface area (Å²) in [5, 5.41) is 22.1. The summed E-state index contributed by atoms with van der Waals surface area (Å²) >= 11 is 2.11. The van der Waals surface area contributed by atoms with Crippen molar-refractivity contribution in [1.29, 1.82) is 0 Å². The zero-order valence-corrected chi connectivity index (χ0v) is 12.5. The molecule has 7 nitrogen and oxygen atoms in total. The Hall–Kier alpha value is -1.84. The lowest BCUT2D eigenvalue weighted by atomic mass is 10.1. The molecule has 1 atom stereocenters. The lowest BCUT2D eigenvalue weighted by Gasteiger charge is -2.14. The largest absolute Gasteiger partial charge is 0.481 e. The van der Waals surface area contributed by atoms with E-state index in [0.29, 0.717) is 5.69 Å². The fourth-order valence-corrected chi connectivity index (χ4v) is 1.74. The van der Waals surface area contributed by atoms with E-state index in [2.05, 4.69) is 33.2 Å². The van der Waals surface area contributed by atoms with Gasteiger partial charge in [0.25, 0.3) is 0 Å². The maximum Gasteiger partial charge on any atom is 0.326 e. The topological polar surface area (TPSA) is 116 Å². The van der Waals surface area contributed by atoms with Gasteiger partial charge in [-0.05, 0) is 53.3 Å². The first kappa shape index (κ1) is 16.2. The summed E-state index contributed by atoms with van der Waals surface area (Å²) in [6.45, 7) is 0. The average molecular weight is 392 g/mol. The fraction of sp³-hybridized carbons (Fsp3) is 0.250. The Labute approximate surface area is 128 Å². The highest BCUT2D eigenvalue weighted by Gasteiger charge is 2.20. The average Bonchev–Trinajstić information content (AvgIpc) is 2.36. The van der Waals surface area contributed by atoms with E-state index in [1.165, 1.54) is 0 Å². The van der Waals surface area contributed by atoms with E-state index >= 15 is 0 Å². The zero-order valence-electron chi connectivity index (χ0n) is 10.3. The van der Waals surface area contributed by atoms with Crippen LogP contribution in [0.3, 0.4) is 0 Å². The molecular weight excluding hydrogens is 379 g/mol. The summed E-state index contributed by atoms with van der Waals surface area (Å²) in [7, 11) is 0. The van der Waals surface area contributed by atoms with Gasteiger partial charge in [0.05, 0.1) is 0 Å². The van der Waals surface area contributed by atoms with Crippen LogP contribution < -0.4 is 10.6 Å². The van der Waals surface area contributed by atoms with Gasteiger partial charge in [0.2, 0.25) is 0 Å². The number of rotatable bonds is 6. The van der Waals surface area contributed by atoms with Gasteiger partial charge >= 0.3 is 18.0 Å². The molecule has 0 radical (unpaired) electrons. The molecule has 4 N–H and O–H groups in total. The van der Waals surface area contributed by atoms with Crippen LogP contribution in [0.1, 0.15) is 12.8 Å². The summed E-state index contributed by atoms with van der Waals surface area (Å²) in [4.78, 5) is 32.9. The molecule has 8 heteroatoms. The van der Waals surface area contributed by atoms with E-state index in [0.717, 1.165) is 3.57 Å². The standard InChI is InChI=1S/C12H13IN2O5/c13-7-1-3-8(4-2-7)14-12(20)15-9(11(18)19)5-6-10(16)17/h1-4,9H,5-6H2,(H,16,17)(H,18,19)(H2,14,15,20). The van der Waals surface area contributed by atoms with E-state index in [1.807, 2.05) is 0 Å². The van der Waals surface area contributed by atoms with E-state index in [-0.39, 0.29) is 12.8 Å². The maximum absolute atomic E-state index is 11.6. The molecule has 0 aliphatic carbocycles. The van der Waals surface area contributed by atoms with Crippen molar-refractivity contribution in [2.45, 2.75) is 18.9 Å². The molecule has 1 rings (SSSR count). The zero-order chi connectivity index (χ0) is 15.1. The van der Waals surface area contributed by atoms with Crippen molar-refractivity contribution in [1.82, 2.24) is 5.32 Å². The number of hydrogen-bond acceptors (Lipinski definition) is 3. The van der Waals surface area contributed by atoms with Crippen LogP contribution in [0.25, 0.3) is 0 Å². The Bertz CT molecular complexity index is 503. The van der Waals surface area contributed by atoms with Gasteiger partial charge in [-0.3, -0.25) is 4.79 Å². The molecule has 1 unspecified atom stereocenters. The summed E-state index contributed by atoms with van der Waals surface area (Å²) in [6, 6.07) is 4.99. The molecule has 0 saturated carbocycles. The first-order valence-electron chi connectivity index (χ1n) is 5.66. The first-order chi connectivity index (χ1) is 9.38. The molecule has 0 fully saturated rings. The molecule has 1 aromatic carbocycles. The van der Waals surface area contributed by atoms with Crippen molar-refractivity contribution in [3.63, 3.8) is 0 Å². The Morgan fingerprint density at radius 1 is 1.15 bits per heavy atom. The Balaban J connectivity index is 2.55. The van der Waals surface area contributed by atoms with Crippen LogP contribution >= 0.6 is 22.6 Å². The summed E-state index contributed by atoms with van der Waals surface area (Å²) in [6.07, 6.45) is -0.508. The van der Waals surface area contributed by atoms with Gasteiger partial charge in [0.1, 0.15) is 6.04 Å². The molecule has 0 aliphatic heterocycles. The minimum Gasteiger partial charge on any atom is -0.481 e. The number of hydrogen-bond donors (Lipinski definition) is 4. The van der Waals surface area contributed by atoms with Gasteiger partial charge in [0.15, 0.2) is 0 Å². The van der Waals surface area contributed by atoms with Crippen LogP contribution in [-0.2, 0) is 9.59 Å². The third-order valence-corrected chi connectivity index (χ3v) is 3.07. The minimum atomic E-state index is -1.27. The number of carbonyl (C=O) groups is 3. The SMILES string of the molecule is O=C(O)CCC(NC(=O)Nc1ccc(I)cc1)C(=O)O. The smallest absolute Gasteiger partial charge is 0.326 e. The molecule has 108 valence electrons. The van der Waals surface area contributed by atoms with Gasteiger partial charge in [0, 0.05) is 15.7 Å². The van der Waals surface area contributed by atoms with Crippen molar-refractivity contribution in [2.24, 2.45) is 0 Å². The number of benzene rings is 1. The highest BCUT2D eigenvalue weighted by molar-refractivity contribution is 14.1. The van der Waals surface area contributed by atoms with Crippen molar-refractivity contribution < 1.29 is 24.6 Å². The Morgan fingerprint density at radius 2 is 1.75 bits per heavy atom. The Morgan fingerprint density at radius 3 is 2.25 bits per heavy atom. The number of urea groups is 1. The first-order valence-corrected chi connectivity index (χ1v) is 6.74. The molecule has 0 bridgehead atoms. The molecule has 0 saturated heterocycles. The molecule has 0 aromatic heterocycles. The predicted molar refractivity (Wildman–Crippen MR) is 79.6 cm³/mol. The van der Waals surface area contributed by atoms with E-state index in [4.69, 9.17) is 10.2 Å². The van der Waals surface area contributed by atoms with Gasteiger partial charge in [-0.15, -0.1) is 0 Å². The number of halogens is 1. The van der Waals surface area contributed by atoms with Crippen molar-refractivity contribution in [3.8, 4) is 0 Å². The van der Waals surface area contributed by atoms with Gasteiger partial charge in [-0.25, -0.2) is 9.59 Å². The summed E-state index contributed by atoms with van der Waals surface area (Å²) in [5.74, 6) is -2.39. The van der Waals surface area contributed by atoms with Crippen LogP contribution in [0.4, 0.5) is 10.5 Å². The van der Waals surface area contributed by atoms with Crippen LogP contribution in [0.5, 0.6) is 0 Å². The van der Waals surface area contributed by atoms with Gasteiger partial charge in [-0.1, -0.05) is 0 Å². The fourth-order valence-electron chi connectivity index (χ4n) is 1.38. The molecule has 0 heterocycles. The quantitative estimate of drug-likeness (QED) is 0.551. The number of carboxylic acids is 2. The number of aliphatic carboxylic acids is 2. The second-order valence-electron chi connectivity index (χ2n) is 3.93. The highest BCUT2D eigenvalue weighted by Crippen LogP contribution is 2.11. The van der Waals surface area contributed by atoms with Crippen molar-refractivity contribution in [2.75, 3.05) is 5.32 Å². The monoisotopic (exact) mass is 392 g/mol. The van der Waals surface area contributed by atoms with E-state index in [1.54, 1.807) is 24.3 Å². The van der Waals surface area contributed by atoms with E-state index in [9.17, 15) is 14.4 Å². The van der Waals surface area contributed by atoms with Crippen LogP contribution in [0.2, 0.25) is 0 Å². The lowest BCUT2D eigenvalue weighted by molar-refractivity contribution is -0.140. The van der Waals surface area contributed by atoms with E-state index < -0.39 is 24.0 Å². The van der Waals surface area contributed by atoms with Crippen molar-refractivity contribution >= 4 is 46.2 Å². The minimum absolute atomic E-state index is 0.176. The third-order valence-electron chi connectivity index (χ3n) is 2.35. The van der Waals surface area contributed by atoms with Gasteiger partial charge < -0.3 is 20.8 Å². The molecule has 20 heavy (non-hydrogen) atoms. The number of amides is 2. The second-order valence-corrected chi connectivity index (χ2v) is 5.17. The normalized spacial score (nSPS) is 11.4. The molecule has 1 aromatic rings. The van der Waals surface area contributed by atoms with Crippen LogP contribution in [0, 0.1) is 3.57 Å². The molecule has 0 spiro atoms.